The molecule has 1 aromatic rings. The first-order valence-corrected chi connectivity index (χ1v) is 8.19. The number of nitrogens with one attached hydrogen (secondary N) is 1. The molecule has 0 aliphatic heterocycles. The van der Waals surface area contributed by atoms with E-state index in [4.69, 9.17) is 11.6 Å². The standard InChI is InChI=1S/C13H20ClFN2O2S/c1-13(2,10-6-5-7-11(14)12(10)15)16-20(18,19)9-8-17(3)4/h5-7,16H,8-9H2,1-4H3. The quantitative estimate of drug-likeness (QED) is 0.873. The maximum Gasteiger partial charge on any atom is 0.213 e. The Labute approximate surface area is 125 Å². The molecule has 0 heterocycles. The van der Waals surface area contributed by atoms with Gasteiger partial charge in [-0.2, -0.15) is 0 Å². The Balaban J connectivity index is 2.97. The first-order chi connectivity index (χ1) is 9.05. The molecule has 7 heteroatoms. The SMILES string of the molecule is CN(C)CCS(=O)(=O)NC(C)(C)c1cccc(Cl)c1F. The first-order valence-electron chi connectivity index (χ1n) is 6.16. The summed E-state index contributed by atoms with van der Waals surface area (Å²) >= 11 is 5.73. The molecule has 114 valence electrons. The van der Waals surface area contributed by atoms with Crippen LogP contribution in [0.5, 0.6) is 0 Å². The van der Waals surface area contributed by atoms with E-state index in [9.17, 15) is 12.8 Å². The van der Waals surface area contributed by atoms with E-state index < -0.39 is 21.4 Å². The highest BCUT2D eigenvalue weighted by Crippen LogP contribution is 2.28. The number of hydrogen-bond acceptors (Lipinski definition) is 3. The molecular weight excluding hydrogens is 303 g/mol. The minimum Gasteiger partial charge on any atom is -0.308 e. The fourth-order valence-corrected chi connectivity index (χ4v) is 3.55. The summed E-state index contributed by atoms with van der Waals surface area (Å²) in [5, 5.41) is -0.0249. The Hall–Kier alpha value is -0.690. The van der Waals surface area contributed by atoms with Crippen LogP contribution in [0.25, 0.3) is 0 Å². The van der Waals surface area contributed by atoms with E-state index >= 15 is 0 Å². The van der Waals surface area contributed by atoms with Crippen molar-refractivity contribution in [1.82, 2.24) is 9.62 Å². The average Bonchev–Trinajstić information content (AvgIpc) is 2.29. The van der Waals surface area contributed by atoms with E-state index in [1.807, 2.05) is 0 Å². The molecule has 0 radical (unpaired) electrons. The molecule has 0 saturated heterocycles. The van der Waals surface area contributed by atoms with E-state index in [2.05, 4.69) is 4.72 Å². The van der Waals surface area contributed by atoms with Crippen LogP contribution in [-0.2, 0) is 15.6 Å². The summed E-state index contributed by atoms with van der Waals surface area (Å²) in [7, 11) is 0.0645. The molecule has 0 aliphatic carbocycles. The predicted octanol–water partition coefficient (Wildman–Crippen LogP) is 2.20. The first kappa shape index (κ1) is 17.4. The Morgan fingerprint density at radius 2 is 1.95 bits per heavy atom. The van der Waals surface area contributed by atoms with Crippen molar-refractivity contribution in [2.45, 2.75) is 19.4 Å². The Kier molecular flexibility index (Phi) is 5.54. The van der Waals surface area contributed by atoms with Gasteiger partial charge in [-0.05, 0) is 34.0 Å². The van der Waals surface area contributed by atoms with Crippen LogP contribution < -0.4 is 4.72 Å². The number of sulfonamides is 1. The predicted molar refractivity (Wildman–Crippen MR) is 79.9 cm³/mol. The van der Waals surface area contributed by atoms with Crippen molar-refractivity contribution in [3.05, 3.63) is 34.6 Å². The highest BCUT2D eigenvalue weighted by Gasteiger charge is 2.29. The summed E-state index contributed by atoms with van der Waals surface area (Å²) in [6.07, 6.45) is 0. The monoisotopic (exact) mass is 322 g/mol. The van der Waals surface area contributed by atoms with Crippen LogP contribution in [0.2, 0.25) is 5.02 Å². The fraction of sp³-hybridized carbons (Fsp3) is 0.538. The van der Waals surface area contributed by atoms with Crippen molar-refractivity contribution in [1.29, 1.82) is 0 Å². The third-order valence-corrected chi connectivity index (χ3v) is 4.68. The summed E-state index contributed by atoms with van der Waals surface area (Å²) in [6.45, 7) is 3.60. The van der Waals surface area contributed by atoms with Gasteiger partial charge in [0.2, 0.25) is 10.0 Å². The number of rotatable bonds is 6. The van der Waals surface area contributed by atoms with Crippen LogP contribution in [0.4, 0.5) is 4.39 Å². The Morgan fingerprint density at radius 1 is 1.35 bits per heavy atom. The minimum absolute atomic E-state index is 0.0249. The minimum atomic E-state index is -3.51. The molecule has 0 saturated carbocycles. The van der Waals surface area contributed by atoms with Gasteiger partial charge in [-0.15, -0.1) is 0 Å². The van der Waals surface area contributed by atoms with Gasteiger partial charge < -0.3 is 4.90 Å². The molecule has 1 rings (SSSR count). The summed E-state index contributed by atoms with van der Waals surface area (Å²) in [6, 6.07) is 4.54. The normalized spacial score (nSPS) is 12.9. The third kappa shape index (κ3) is 4.70. The fourth-order valence-electron chi connectivity index (χ4n) is 1.78. The van der Waals surface area contributed by atoms with Gasteiger partial charge in [-0.3, -0.25) is 0 Å². The van der Waals surface area contributed by atoms with Crippen molar-refractivity contribution in [3.63, 3.8) is 0 Å². The second-order valence-electron chi connectivity index (χ2n) is 5.45. The molecule has 1 N–H and O–H groups in total. The number of benzene rings is 1. The lowest BCUT2D eigenvalue weighted by Crippen LogP contribution is -2.44. The highest BCUT2D eigenvalue weighted by molar-refractivity contribution is 7.89. The number of nitrogens with zero attached hydrogens (tertiary/aromatic N) is 1. The lowest BCUT2D eigenvalue weighted by atomic mass is 9.95. The van der Waals surface area contributed by atoms with E-state index in [0.717, 1.165) is 0 Å². The molecule has 1 aromatic carbocycles. The maximum absolute atomic E-state index is 14.0. The maximum atomic E-state index is 14.0. The van der Waals surface area contributed by atoms with Gasteiger partial charge in [-0.25, -0.2) is 17.5 Å². The number of halogens is 2. The Bertz CT molecular complexity index is 574. The molecule has 4 nitrogen and oxygen atoms in total. The van der Waals surface area contributed by atoms with Crippen molar-refractivity contribution in [3.8, 4) is 0 Å². The average molecular weight is 323 g/mol. The lowest BCUT2D eigenvalue weighted by molar-refractivity contribution is 0.420. The lowest BCUT2D eigenvalue weighted by Gasteiger charge is -2.27. The van der Waals surface area contributed by atoms with Crippen molar-refractivity contribution in [2.75, 3.05) is 26.4 Å². The van der Waals surface area contributed by atoms with Gasteiger partial charge >= 0.3 is 0 Å². The van der Waals surface area contributed by atoms with Crippen LogP contribution in [0.15, 0.2) is 18.2 Å². The van der Waals surface area contributed by atoms with Crippen LogP contribution in [0, 0.1) is 5.82 Å². The topological polar surface area (TPSA) is 49.4 Å². The summed E-state index contributed by atoms with van der Waals surface area (Å²) in [4.78, 5) is 1.77. The van der Waals surface area contributed by atoms with Gasteiger partial charge in [0.1, 0.15) is 5.82 Å². The van der Waals surface area contributed by atoms with Crippen molar-refractivity contribution < 1.29 is 12.8 Å². The summed E-state index contributed by atoms with van der Waals surface area (Å²) in [5.74, 6) is -0.652. The van der Waals surface area contributed by atoms with Gasteiger partial charge in [0.15, 0.2) is 0 Å². The molecule has 0 amide bonds. The van der Waals surface area contributed by atoms with Gasteiger partial charge in [0.25, 0.3) is 0 Å². The zero-order chi connectivity index (χ0) is 15.6. The molecular formula is C13H20ClFN2O2S. The molecule has 20 heavy (non-hydrogen) atoms. The second-order valence-corrected chi connectivity index (χ2v) is 7.70. The van der Waals surface area contributed by atoms with Gasteiger partial charge in [-0.1, -0.05) is 23.7 Å². The number of hydrogen-bond donors (Lipinski definition) is 1. The molecule has 0 unspecified atom stereocenters. The zero-order valence-electron chi connectivity index (χ0n) is 12.1. The molecule has 0 bridgehead atoms. The summed E-state index contributed by atoms with van der Waals surface area (Å²) in [5.41, 5.74) is -0.849. The smallest absolute Gasteiger partial charge is 0.213 e. The summed E-state index contributed by atoms with van der Waals surface area (Å²) < 4.78 is 40.6. The van der Waals surface area contributed by atoms with Crippen LogP contribution in [0.1, 0.15) is 19.4 Å². The van der Waals surface area contributed by atoms with Gasteiger partial charge in [0.05, 0.1) is 16.3 Å². The van der Waals surface area contributed by atoms with Crippen LogP contribution in [0.3, 0.4) is 0 Å². The second kappa shape index (κ2) is 6.39. The van der Waals surface area contributed by atoms with Crippen molar-refractivity contribution in [2.24, 2.45) is 0 Å². The zero-order valence-corrected chi connectivity index (χ0v) is 13.6. The van der Waals surface area contributed by atoms with E-state index in [0.29, 0.717) is 6.54 Å². The van der Waals surface area contributed by atoms with E-state index in [1.54, 1.807) is 38.9 Å². The molecule has 0 atom stereocenters. The molecule has 0 aliphatic rings. The molecule has 0 aromatic heterocycles. The van der Waals surface area contributed by atoms with E-state index in [-0.39, 0.29) is 16.3 Å². The van der Waals surface area contributed by atoms with Gasteiger partial charge in [0, 0.05) is 12.1 Å². The Morgan fingerprint density at radius 3 is 2.50 bits per heavy atom. The molecule has 0 spiro atoms. The van der Waals surface area contributed by atoms with Crippen LogP contribution >= 0.6 is 11.6 Å². The largest absolute Gasteiger partial charge is 0.308 e. The highest BCUT2D eigenvalue weighted by atomic mass is 35.5. The van der Waals surface area contributed by atoms with Crippen molar-refractivity contribution >= 4 is 21.6 Å². The third-order valence-electron chi connectivity index (χ3n) is 2.84. The van der Waals surface area contributed by atoms with Crippen LogP contribution in [-0.4, -0.2) is 39.7 Å². The molecule has 0 fully saturated rings. The van der Waals surface area contributed by atoms with E-state index in [1.165, 1.54) is 12.1 Å².